The summed E-state index contributed by atoms with van der Waals surface area (Å²) in [5.74, 6) is -0.611. The van der Waals surface area contributed by atoms with E-state index in [-0.39, 0.29) is 17.7 Å². The van der Waals surface area contributed by atoms with E-state index in [0.29, 0.717) is 0 Å². The summed E-state index contributed by atoms with van der Waals surface area (Å²) >= 11 is 0. The van der Waals surface area contributed by atoms with E-state index in [2.05, 4.69) is 0 Å². The molecule has 0 saturated heterocycles. The third kappa shape index (κ3) is 3.27. The molecule has 0 aromatic rings. The van der Waals surface area contributed by atoms with Crippen molar-refractivity contribution in [2.75, 3.05) is 0 Å². The summed E-state index contributed by atoms with van der Waals surface area (Å²) in [6, 6.07) is 0. The highest BCUT2D eigenvalue weighted by Crippen LogP contribution is 2.01. The molecule has 1 unspecified atom stereocenters. The Labute approximate surface area is 72.5 Å². The quantitative estimate of drug-likeness (QED) is 0.434. The van der Waals surface area contributed by atoms with Crippen LogP contribution in [-0.4, -0.2) is 23.9 Å². The van der Waals surface area contributed by atoms with Gasteiger partial charge in [-0.1, -0.05) is 0 Å². The Morgan fingerprint density at radius 2 is 1.83 bits per heavy atom. The second-order valence-electron chi connectivity index (χ2n) is 2.86. The van der Waals surface area contributed by atoms with Gasteiger partial charge in [-0.2, -0.15) is 0 Å². The highest BCUT2D eigenvalue weighted by Gasteiger charge is 2.16. The Balaban J connectivity index is 4.23. The highest BCUT2D eigenvalue weighted by atomic mass is 16.5. The van der Waals surface area contributed by atoms with Crippen molar-refractivity contribution in [3.8, 4) is 0 Å². The molecule has 0 aliphatic heterocycles. The first-order valence-electron chi connectivity index (χ1n) is 3.79. The average Bonchev–Trinajstić information content (AvgIpc) is 1.85. The first kappa shape index (κ1) is 10.8. The van der Waals surface area contributed by atoms with Crippen molar-refractivity contribution in [2.24, 2.45) is 5.92 Å². The van der Waals surface area contributed by atoms with Crippen LogP contribution in [0.4, 0.5) is 0 Å². The van der Waals surface area contributed by atoms with Gasteiger partial charge < -0.3 is 15.6 Å². The molecule has 0 saturated carbocycles. The molecule has 4 heteroatoms. The average molecular weight is 169 g/mol. The smallest absolute Gasteiger partial charge is 0.195 e. The predicted molar refractivity (Wildman–Crippen MR) is 49.6 cm³/mol. The Hall–Kier alpha value is -1.19. The maximum atomic E-state index is 7.39. The van der Waals surface area contributed by atoms with E-state index < -0.39 is 5.92 Å². The Bertz CT molecular complexity index is 198. The van der Waals surface area contributed by atoms with Crippen LogP contribution in [0.3, 0.4) is 0 Å². The topological polar surface area (TPSA) is 80.8 Å². The van der Waals surface area contributed by atoms with Crippen LogP contribution in [0, 0.1) is 22.1 Å². The Morgan fingerprint density at radius 3 is 2.08 bits per heavy atom. The van der Waals surface area contributed by atoms with Gasteiger partial charge in [0.25, 0.3) is 0 Å². The largest absolute Gasteiger partial charge is 0.478 e. The molecule has 0 radical (unpaired) electrons. The van der Waals surface area contributed by atoms with Crippen molar-refractivity contribution in [1.82, 2.24) is 0 Å². The number of hydrogen-bond acceptors (Lipinski definition) is 4. The molecule has 0 amide bonds. The molecule has 1 atom stereocenters. The van der Waals surface area contributed by atoms with Gasteiger partial charge in [0.2, 0.25) is 0 Å². The molecule has 3 N–H and O–H groups in total. The van der Waals surface area contributed by atoms with Gasteiger partial charge in [-0.3, -0.25) is 5.41 Å². The molecule has 0 fully saturated rings. The Kier molecular flexibility index (Phi) is 4.18. The van der Waals surface area contributed by atoms with Crippen LogP contribution in [0.2, 0.25) is 0 Å². The van der Waals surface area contributed by atoms with Gasteiger partial charge in [-0.05, 0) is 20.8 Å². The summed E-state index contributed by atoms with van der Waals surface area (Å²) in [4.78, 5) is 0. The van der Waals surface area contributed by atoms with Gasteiger partial charge in [0.05, 0.1) is 6.10 Å². The minimum atomic E-state index is -0.590. The molecular formula is C8H15N3O. The zero-order chi connectivity index (χ0) is 9.72. The third-order valence-corrected chi connectivity index (χ3v) is 1.28. The molecule has 0 heterocycles. The van der Waals surface area contributed by atoms with Crippen LogP contribution >= 0.6 is 0 Å². The van der Waals surface area contributed by atoms with Crippen molar-refractivity contribution < 1.29 is 4.74 Å². The fourth-order valence-electron chi connectivity index (χ4n) is 0.725. The van der Waals surface area contributed by atoms with Gasteiger partial charge in [0.1, 0.15) is 5.92 Å². The summed E-state index contributed by atoms with van der Waals surface area (Å²) in [5, 5.41) is 21.6. The van der Waals surface area contributed by atoms with E-state index in [0.717, 1.165) is 6.21 Å². The fraction of sp³-hybridized carbons (Fsp3) is 0.625. The van der Waals surface area contributed by atoms with Crippen LogP contribution in [0.15, 0.2) is 0 Å². The summed E-state index contributed by atoms with van der Waals surface area (Å²) < 4.78 is 5.06. The highest BCUT2D eigenvalue weighted by molar-refractivity contribution is 6.12. The van der Waals surface area contributed by atoms with E-state index in [1.807, 2.05) is 13.8 Å². The summed E-state index contributed by atoms with van der Waals surface area (Å²) in [6.07, 6.45) is 0.979. The summed E-state index contributed by atoms with van der Waals surface area (Å²) in [7, 11) is 0. The minimum absolute atomic E-state index is 0.0208. The van der Waals surface area contributed by atoms with Gasteiger partial charge in [-0.15, -0.1) is 0 Å². The number of nitrogens with one attached hydrogen (secondary N) is 3. The van der Waals surface area contributed by atoms with E-state index in [1.54, 1.807) is 6.92 Å². The lowest BCUT2D eigenvalue weighted by Crippen LogP contribution is -2.26. The molecule has 68 valence electrons. The van der Waals surface area contributed by atoms with Crippen LogP contribution < -0.4 is 0 Å². The molecule has 0 aromatic carbocycles. The van der Waals surface area contributed by atoms with Crippen LogP contribution in [-0.2, 0) is 4.74 Å². The molecule has 0 spiro atoms. The molecular weight excluding hydrogens is 154 g/mol. The molecule has 0 bridgehead atoms. The van der Waals surface area contributed by atoms with Crippen molar-refractivity contribution in [1.29, 1.82) is 16.2 Å². The molecule has 12 heavy (non-hydrogen) atoms. The second-order valence-corrected chi connectivity index (χ2v) is 2.86. The molecule has 0 aliphatic carbocycles. The molecule has 0 rings (SSSR count). The van der Waals surface area contributed by atoms with E-state index in [1.165, 1.54) is 0 Å². The second kappa shape index (κ2) is 4.64. The number of ether oxygens (including phenoxy) is 1. The monoisotopic (exact) mass is 169 g/mol. The molecule has 4 nitrogen and oxygen atoms in total. The maximum Gasteiger partial charge on any atom is 0.195 e. The van der Waals surface area contributed by atoms with Crippen molar-refractivity contribution >= 4 is 17.8 Å². The maximum absolute atomic E-state index is 7.39. The SMILES string of the molecule is CC(=N)C(C=N)C(=N)OC(C)C. The minimum Gasteiger partial charge on any atom is -0.478 e. The lowest BCUT2D eigenvalue weighted by atomic mass is 10.1. The van der Waals surface area contributed by atoms with Crippen LogP contribution in [0.5, 0.6) is 0 Å². The number of rotatable bonds is 4. The van der Waals surface area contributed by atoms with E-state index >= 15 is 0 Å². The normalized spacial score (nSPS) is 12.3. The zero-order valence-electron chi connectivity index (χ0n) is 7.64. The van der Waals surface area contributed by atoms with E-state index in [4.69, 9.17) is 21.0 Å². The van der Waals surface area contributed by atoms with Crippen LogP contribution in [0.25, 0.3) is 0 Å². The lowest BCUT2D eigenvalue weighted by Gasteiger charge is -2.15. The first-order valence-corrected chi connectivity index (χ1v) is 3.79. The summed E-state index contributed by atoms with van der Waals surface area (Å²) in [6.45, 7) is 5.19. The Morgan fingerprint density at radius 1 is 1.33 bits per heavy atom. The predicted octanol–water partition coefficient (Wildman–Crippen LogP) is 1.69. The zero-order valence-corrected chi connectivity index (χ0v) is 7.64. The van der Waals surface area contributed by atoms with Gasteiger partial charge in [0, 0.05) is 11.9 Å². The van der Waals surface area contributed by atoms with Crippen molar-refractivity contribution in [3.63, 3.8) is 0 Å². The van der Waals surface area contributed by atoms with Gasteiger partial charge in [-0.25, -0.2) is 0 Å². The standard InChI is InChI=1S/C8H15N3O/c1-5(2)12-8(11)7(4-9)6(3)10/h4-5,7,9-11H,1-3H3. The van der Waals surface area contributed by atoms with Crippen molar-refractivity contribution in [3.05, 3.63) is 0 Å². The van der Waals surface area contributed by atoms with Crippen molar-refractivity contribution in [2.45, 2.75) is 26.9 Å². The first-order chi connectivity index (χ1) is 5.49. The number of hydrogen-bond donors (Lipinski definition) is 3. The lowest BCUT2D eigenvalue weighted by molar-refractivity contribution is 0.219. The van der Waals surface area contributed by atoms with Gasteiger partial charge in [0.15, 0.2) is 5.90 Å². The third-order valence-electron chi connectivity index (χ3n) is 1.28. The van der Waals surface area contributed by atoms with Crippen LogP contribution in [0.1, 0.15) is 20.8 Å². The van der Waals surface area contributed by atoms with E-state index in [9.17, 15) is 0 Å². The fourth-order valence-corrected chi connectivity index (χ4v) is 0.725. The van der Waals surface area contributed by atoms with Gasteiger partial charge >= 0.3 is 0 Å². The molecule has 0 aliphatic rings. The summed E-state index contributed by atoms with van der Waals surface area (Å²) in [5.41, 5.74) is 0.260. The molecule has 0 aromatic heterocycles.